The molecule has 2 atom stereocenters. The fourth-order valence-corrected chi connectivity index (χ4v) is 2.57. The third-order valence-corrected chi connectivity index (χ3v) is 3.95. The van der Waals surface area contributed by atoms with E-state index in [1.807, 2.05) is 18.2 Å². The molecule has 9 nitrogen and oxygen atoms in total. The Morgan fingerprint density at radius 2 is 2.04 bits per heavy atom. The molecule has 2 rings (SSSR count). The molecule has 10 heteroatoms. The standard InChI is InChI=1S/C17H20BrN3O6/c1-25-16(23)13(8-15(22)19-9-12-7-14(18)21-27-12)20-17(24)26-10-11-5-3-2-4-6-11/h2-7,12-13,21H,8-10H2,1H3,(H,19,22)(H,20,24)/t12-,13?/m0/s1. The van der Waals surface area contributed by atoms with Gasteiger partial charge in [-0.2, -0.15) is 0 Å². The molecule has 0 spiro atoms. The van der Waals surface area contributed by atoms with E-state index in [-0.39, 0.29) is 25.7 Å². The van der Waals surface area contributed by atoms with Crippen molar-refractivity contribution in [3.05, 3.63) is 46.6 Å². The lowest BCUT2D eigenvalue weighted by Gasteiger charge is -2.17. The summed E-state index contributed by atoms with van der Waals surface area (Å²) in [6.07, 6.45) is 0.274. The van der Waals surface area contributed by atoms with Crippen molar-refractivity contribution in [3.63, 3.8) is 0 Å². The largest absolute Gasteiger partial charge is 0.467 e. The van der Waals surface area contributed by atoms with Crippen LogP contribution in [0, 0.1) is 0 Å². The third kappa shape index (κ3) is 7.27. The van der Waals surface area contributed by atoms with Gasteiger partial charge in [-0.15, -0.1) is 0 Å². The second kappa shape index (κ2) is 10.5. The van der Waals surface area contributed by atoms with E-state index in [1.54, 1.807) is 18.2 Å². The van der Waals surface area contributed by atoms with Crippen molar-refractivity contribution in [3.8, 4) is 0 Å². The summed E-state index contributed by atoms with van der Waals surface area (Å²) in [5.41, 5.74) is 3.39. The minimum absolute atomic E-state index is 0.0417. The van der Waals surface area contributed by atoms with Crippen LogP contribution in [-0.4, -0.2) is 43.8 Å². The topological polar surface area (TPSA) is 115 Å². The molecule has 1 aromatic rings. The normalized spacial score (nSPS) is 16.5. The minimum atomic E-state index is -1.16. The number of hydroxylamine groups is 1. The molecule has 0 fully saturated rings. The second-order valence-electron chi connectivity index (χ2n) is 5.56. The van der Waals surface area contributed by atoms with Crippen molar-refractivity contribution in [2.45, 2.75) is 25.2 Å². The van der Waals surface area contributed by atoms with E-state index in [0.717, 1.165) is 5.56 Å². The van der Waals surface area contributed by atoms with Crippen LogP contribution in [0.5, 0.6) is 0 Å². The van der Waals surface area contributed by atoms with Crippen LogP contribution in [0.2, 0.25) is 0 Å². The van der Waals surface area contributed by atoms with Crippen LogP contribution in [0.3, 0.4) is 0 Å². The molecule has 2 amide bonds. The van der Waals surface area contributed by atoms with Crippen LogP contribution >= 0.6 is 15.9 Å². The molecule has 0 saturated heterocycles. The van der Waals surface area contributed by atoms with Crippen LogP contribution in [-0.2, 0) is 30.5 Å². The van der Waals surface area contributed by atoms with E-state index >= 15 is 0 Å². The number of hydrogen-bond acceptors (Lipinski definition) is 7. The van der Waals surface area contributed by atoms with Crippen LogP contribution in [0.15, 0.2) is 41.0 Å². The molecule has 1 aromatic carbocycles. The highest BCUT2D eigenvalue weighted by Crippen LogP contribution is 2.11. The average Bonchev–Trinajstić information content (AvgIpc) is 3.09. The molecular formula is C17H20BrN3O6. The highest BCUT2D eigenvalue weighted by Gasteiger charge is 2.26. The fraction of sp³-hybridized carbons (Fsp3) is 0.353. The van der Waals surface area contributed by atoms with E-state index in [2.05, 4.69) is 36.8 Å². The summed E-state index contributed by atoms with van der Waals surface area (Å²) in [5.74, 6) is -1.20. The number of alkyl carbamates (subject to hydrolysis) is 1. The Morgan fingerprint density at radius 3 is 2.67 bits per heavy atom. The van der Waals surface area contributed by atoms with Gasteiger partial charge in [0, 0.05) is 0 Å². The molecule has 0 aliphatic carbocycles. The molecule has 27 heavy (non-hydrogen) atoms. The van der Waals surface area contributed by atoms with Crippen LogP contribution in [0.1, 0.15) is 12.0 Å². The summed E-state index contributed by atoms with van der Waals surface area (Å²) in [4.78, 5) is 41.0. The first-order valence-electron chi connectivity index (χ1n) is 8.08. The molecule has 146 valence electrons. The number of carbonyl (C=O) groups excluding carboxylic acids is 3. The fourth-order valence-electron chi connectivity index (χ4n) is 2.18. The number of ether oxygens (including phenoxy) is 2. The molecule has 0 bridgehead atoms. The number of nitrogens with one attached hydrogen (secondary N) is 3. The van der Waals surface area contributed by atoms with Crippen LogP contribution in [0.25, 0.3) is 0 Å². The molecule has 1 aliphatic heterocycles. The highest BCUT2D eigenvalue weighted by atomic mass is 79.9. The number of methoxy groups -OCH3 is 1. The molecule has 0 radical (unpaired) electrons. The number of hydrogen-bond donors (Lipinski definition) is 3. The summed E-state index contributed by atoms with van der Waals surface area (Å²) in [6.45, 7) is 0.243. The number of amides is 2. The van der Waals surface area contributed by atoms with Crippen molar-refractivity contribution >= 4 is 33.9 Å². The van der Waals surface area contributed by atoms with Crippen LogP contribution < -0.4 is 16.1 Å². The van der Waals surface area contributed by atoms with Gasteiger partial charge in [-0.3, -0.25) is 15.1 Å². The minimum Gasteiger partial charge on any atom is -0.467 e. The number of halogens is 1. The zero-order valence-electron chi connectivity index (χ0n) is 14.6. The van der Waals surface area contributed by atoms with Gasteiger partial charge in [0.05, 0.1) is 20.1 Å². The van der Waals surface area contributed by atoms with E-state index in [9.17, 15) is 14.4 Å². The van der Waals surface area contributed by atoms with Crippen LogP contribution in [0.4, 0.5) is 4.79 Å². The summed E-state index contributed by atoms with van der Waals surface area (Å²) in [5, 5.41) is 4.96. The van der Waals surface area contributed by atoms with Crippen molar-refractivity contribution < 1.29 is 28.7 Å². The highest BCUT2D eigenvalue weighted by molar-refractivity contribution is 9.11. The Kier molecular flexibility index (Phi) is 8.08. The monoisotopic (exact) mass is 441 g/mol. The van der Waals surface area contributed by atoms with Gasteiger partial charge in [0.1, 0.15) is 23.4 Å². The van der Waals surface area contributed by atoms with Crippen molar-refractivity contribution in [1.29, 1.82) is 0 Å². The van der Waals surface area contributed by atoms with Gasteiger partial charge in [0.25, 0.3) is 0 Å². The molecule has 1 heterocycles. The Labute approximate surface area is 164 Å². The van der Waals surface area contributed by atoms with E-state index in [4.69, 9.17) is 9.57 Å². The van der Waals surface area contributed by atoms with Gasteiger partial charge < -0.3 is 20.1 Å². The molecule has 0 saturated carbocycles. The van der Waals surface area contributed by atoms with Gasteiger partial charge in [-0.05, 0) is 27.6 Å². The lowest BCUT2D eigenvalue weighted by atomic mass is 10.2. The molecule has 1 aliphatic rings. The van der Waals surface area contributed by atoms with Gasteiger partial charge >= 0.3 is 12.1 Å². The molecule has 0 aromatic heterocycles. The van der Waals surface area contributed by atoms with Crippen molar-refractivity contribution in [1.82, 2.24) is 16.1 Å². The maximum atomic E-state index is 12.1. The Hall–Kier alpha value is -2.59. The summed E-state index contributed by atoms with van der Waals surface area (Å²) < 4.78 is 10.4. The number of benzene rings is 1. The van der Waals surface area contributed by atoms with Crippen molar-refractivity contribution in [2.75, 3.05) is 13.7 Å². The predicted molar refractivity (Wildman–Crippen MR) is 98.2 cm³/mol. The maximum absolute atomic E-state index is 12.1. The van der Waals surface area contributed by atoms with Gasteiger partial charge in [0.2, 0.25) is 5.91 Å². The number of esters is 1. The number of carbonyl (C=O) groups is 3. The van der Waals surface area contributed by atoms with E-state index in [0.29, 0.717) is 4.61 Å². The molecule has 3 N–H and O–H groups in total. The van der Waals surface area contributed by atoms with E-state index in [1.165, 1.54) is 7.11 Å². The van der Waals surface area contributed by atoms with Gasteiger partial charge in [-0.25, -0.2) is 9.59 Å². The predicted octanol–water partition coefficient (Wildman–Crippen LogP) is 1.10. The first-order valence-corrected chi connectivity index (χ1v) is 8.88. The zero-order valence-corrected chi connectivity index (χ0v) is 16.2. The summed E-state index contributed by atoms with van der Waals surface area (Å²) in [6, 6.07) is 7.90. The van der Waals surface area contributed by atoms with Gasteiger partial charge in [0.15, 0.2) is 0 Å². The quantitative estimate of drug-likeness (QED) is 0.408. The first kappa shape index (κ1) is 20.7. The second-order valence-corrected chi connectivity index (χ2v) is 6.42. The summed E-state index contributed by atoms with van der Waals surface area (Å²) >= 11 is 3.20. The summed E-state index contributed by atoms with van der Waals surface area (Å²) in [7, 11) is 1.17. The Morgan fingerprint density at radius 1 is 1.30 bits per heavy atom. The smallest absolute Gasteiger partial charge is 0.408 e. The number of rotatable bonds is 8. The zero-order chi connectivity index (χ0) is 19.6. The Balaban J connectivity index is 1.80. The van der Waals surface area contributed by atoms with E-state index < -0.39 is 24.0 Å². The lowest BCUT2D eigenvalue weighted by molar-refractivity contribution is -0.144. The first-order chi connectivity index (χ1) is 13.0. The van der Waals surface area contributed by atoms with Crippen molar-refractivity contribution in [2.24, 2.45) is 0 Å². The maximum Gasteiger partial charge on any atom is 0.408 e. The lowest BCUT2D eigenvalue weighted by Crippen LogP contribution is -2.45. The Bertz CT molecular complexity index is 697. The average molecular weight is 442 g/mol. The molecule has 1 unspecified atom stereocenters. The van der Waals surface area contributed by atoms with Gasteiger partial charge in [-0.1, -0.05) is 30.3 Å². The molecular weight excluding hydrogens is 422 g/mol. The SMILES string of the molecule is COC(=O)C(CC(=O)NC[C@@H]1C=C(Br)NO1)NC(=O)OCc1ccccc1. The third-order valence-electron chi connectivity index (χ3n) is 3.52.